The zero-order valence-corrected chi connectivity index (χ0v) is 9.68. The van der Waals surface area contributed by atoms with E-state index in [1.54, 1.807) is 0 Å². The van der Waals surface area contributed by atoms with E-state index in [-0.39, 0.29) is 5.92 Å². The number of ketones is 1. The van der Waals surface area contributed by atoms with Gasteiger partial charge in [-0.3, -0.25) is 4.79 Å². The second kappa shape index (κ2) is 5.50. The summed E-state index contributed by atoms with van der Waals surface area (Å²) in [4.78, 5) is 11.8. The molecule has 0 amide bonds. The molecule has 82 valence electrons. The summed E-state index contributed by atoms with van der Waals surface area (Å²) in [5.41, 5.74) is 0. The van der Waals surface area contributed by atoms with Crippen molar-refractivity contribution in [2.24, 2.45) is 17.8 Å². The van der Waals surface area contributed by atoms with Crippen LogP contribution in [0.1, 0.15) is 40.0 Å². The predicted molar refractivity (Wildman–Crippen MR) is 59.2 cm³/mol. The van der Waals surface area contributed by atoms with Gasteiger partial charge in [0.2, 0.25) is 0 Å². The highest BCUT2D eigenvalue weighted by atomic mass is 16.1. The van der Waals surface area contributed by atoms with Gasteiger partial charge in [0.25, 0.3) is 0 Å². The van der Waals surface area contributed by atoms with Crippen LogP contribution in [0.4, 0.5) is 0 Å². The topological polar surface area (TPSA) is 29.1 Å². The lowest BCUT2D eigenvalue weighted by Crippen LogP contribution is -2.47. The SMILES string of the molecule is CCCC(C)CC(=O)C(C)C1CNC1. The van der Waals surface area contributed by atoms with Gasteiger partial charge in [0.1, 0.15) is 5.78 Å². The van der Waals surface area contributed by atoms with Crippen LogP contribution in [0.25, 0.3) is 0 Å². The van der Waals surface area contributed by atoms with Crippen LogP contribution in [0.15, 0.2) is 0 Å². The Balaban J connectivity index is 2.25. The highest BCUT2D eigenvalue weighted by Crippen LogP contribution is 2.21. The second-order valence-electron chi connectivity index (χ2n) is 4.77. The summed E-state index contributed by atoms with van der Waals surface area (Å²) in [6.07, 6.45) is 3.15. The highest BCUT2D eigenvalue weighted by Gasteiger charge is 2.28. The Morgan fingerprint density at radius 1 is 1.43 bits per heavy atom. The van der Waals surface area contributed by atoms with Crippen LogP contribution >= 0.6 is 0 Å². The molecule has 0 saturated carbocycles. The lowest BCUT2D eigenvalue weighted by atomic mass is 9.82. The van der Waals surface area contributed by atoms with E-state index in [4.69, 9.17) is 0 Å². The van der Waals surface area contributed by atoms with Gasteiger partial charge >= 0.3 is 0 Å². The fraction of sp³-hybridized carbons (Fsp3) is 0.917. The Morgan fingerprint density at radius 3 is 2.50 bits per heavy atom. The van der Waals surface area contributed by atoms with E-state index >= 15 is 0 Å². The van der Waals surface area contributed by atoms with Crippen LogP contribution < -0.4 is 5.32 Å². The van der Waals surface area contributed by atoms with Gasteiger partial charge in [-0.25, -0.2) is 0 Å². The molecule has 1 rings (SSSR count). The number of Topliss-reactive ketones (excluding diaryl/α,β-unsaturated/α-hetero) is 1. The first-order valence-electron chi connectivity index (χ1n) is 5.88. The van der Waals surface area contributed by atoms with E-state index < -0.39 is 0 Å². The molecular formula is C12H23NO. The zero-order chi connectivity index (χ0) is 10.6. The molecule has 1 saturated heterocycles. The Hall–Kier alpha value is -0.370. The molecule has 1 N–H and O–H groups in total. The molecule has 14 heavy (non-hydrogen) atoms. The predicted octanol–water partition coefficient (Wildman–Crippen LogP) is 2.24. The lowest BCUT2D eigenvalue weighted by molar-refractivity contribution is -0.125. The van der Waals surface area contributed by atoms with Crippen molar-refractivity contribution in [3.63, 3.8) is 0 Å². The highest BCUT2D eigenvalue weighted by molar-refractivity contribution is 5.81. The molecule has 1 aliphatic heterocycles. The maximum Gasteiger partial charge on any atom is 0.136 e. The zero-order valence-electron chi connectivity index (χ0n) is 9.68. The van der Waals surface area contributed by atoms with E-state index in [1.165, 1.54) is 12.8 Å². The molecule has 2 heteroatoms. The summed E-state index contributed by atoms with van der Waals surface area (Å²) in [5.74, 6) is 1.92. The summed E-state index contributed by atoms with van der Waals surface area (Å²) < 4.78 is 0. The number of carbonyl (C=O) groups excluding carboxylic acids is 1. The van der Waals surface area contributed by atoms with Gasteiger partial charge in [-0.15, -0.1) is 0 Å². The molecule has 1 heterocycles. The van der Waals surface area contributed by atoms with Crippen molar-refractivity contribution in [2.75, 3.05) is 13.1 Å². The third-order valence-electron chi connectivity index (χ3n) is 3.36. The number of rotatable bonds is 6. The van der Waals surface area contributed by atoms with Gasteiger partial charge in [0.15, 0.2) is 0 Å². The van der Waals surface area contributed by atoms with E-state index in [0.717, 1.165) is 19.5 Å². The van der Waals surface area contributed by atoms with E-state index in [1.807, 2.05) is 0 Å². The van der Waals surface area contributed by atoms with Crippen LogP contribution in [0.3, 0.4) is 0 Å². The fourth-order valence-corrected chi connectivity index (χ4v) is 2.05. The van der Waals surface area contributed by atoms with Crippen molar-refractivity contribution >= 4 is 5.78 Å². The largest absolute Gasteiger partial charge is 0.316 e. The standard InChI is InChI=1S/C12H23NO/c1-4-5-9(2)6-12(14)10(3)11-7-13-8-11/h9-11,13H,4-8H2,1-3H3. The average molecular weight is 197 g/mol. The van der Waals surface area contributed by atoms with Crippen molar-refractivity contribution in [1.29, 1.82) is 0 Å². The number of hydrogen-bond donors (Lipinski definition) is 1. The summed E-state index contributed by atoms with van der Waals surface area (Å²) in [6, 6.07) is 0. The molecule has 1 aliphatic rings. The number of carbonyl (C=O) groups is 1. The summed E-state index contributed by atoms with van der Waals surface area (Å²) in [6.45, 7) is 8.53. The Labute approximate surface area is 87.5 Å². The molecule has 0 aliphatic carbocycles. The summed E-state index contributed by atoms with van der Waals surface area (Å²) >= 11 is 0. The molecule has 0 aromatic rings. The van der Waals surface area contributed by atoms with Gasteiger partial charge < -0.3 is 5.32 Å². The molecule has 1 fully saturated rings. The van der Waals surface area contributed by atoms with Gasteiger partial charge in [-0.05, 0) is 24.9 Å². The first kappa shape index (κ1) is 11.7. The third kappa shape index (κ3) is 3.09. The Morgan fingerprint density at radius 2 is 2.07 bits per heavy atom. The minimum absolute atomic E-state index is 0.274. The van der Waals surface area contributed by atoms with Crippen molar-refractivity contribution < 1.29 is 4.79 Å². The number of nitrogens with one attached hydrogen (secondary N) is 1. The van der Waals surface area contributed by atoms with E-state index in [0.29, 0.717) is 17.6 Å². The van der Waals surface area contributed by atoms with E-state index in [9.17, 15) is 4.79 Å². The average Bonchev–Trinajstić information content (AvgIpc) is 2.01. The molecule has 0 aromatic heterocycles. The second-order valence-corrected chi connectivity index (χ2v) is 4.77. The normalized spacial score (nSPS) is 21.4. The number of hydrogen-bond acceptors (Lipinski definition) is 2. The van der Waals surface area contributed by atoms with Gasteiger partial charge in [0.05, 0.1) is 0 Å². The molecule has 0 spiro atoms. The van der Waals surface area contributed by atoms with Crippen LogP contribution in [0, 0.1) is 17.8 Å². The first-order chi connectivity index (χ1) is 6.65. The smallest absolute Gasteiger partial charge is 0.136 e. The summed E-state index contributed by atoms with van der Waals surface area (Å²) in [5, 5.41) is 3.22. The molecule has 0 bridgehead atoms. The van der Waals surface area contributed by atoms with E-state index in [2.05, 4.69) is 26.1 Å². The Kier molecular flexibility index (Phi) is 4.59. The quantitative estimate of drug-likeness (QED) is 0.707. The molecule has 2 atom stereocenters. The maximum absolute atomic E-state index is 11.8. The van der Waals surface area contributed by atoms with Crippen molar-refractivity contribution in [2.45, 2.75) is 40.0 Å². The minimum Gasteiger partial charge on any atom is -0.316 e. The minimum atomic E-state index is 0.274. The first-order valence-corrected chi connectivity index (χ1v) is 5.88. The molecular weight excluding hydrogens is 174 g/mol. The molecule has 2 unspecified atom stereocenters. The molecule has 0 radical (unpaired) electrons. The Bertz CT molecular complexity index is 187. The third-order valence-corrected chi connectivity index (χ3v) is 3.36. The van der Waals surface area contributed by atoms with Crippen molar-refractivity contribution in [3.05, 3.63) is 0 Å². The maximum atomic E-state index is 11.8. The van der Waals surface area contributed by atoms with Gasteiger partial charge in [-0.1, -0.05) is 33.6 Å². The van der Waals surface area contributed by atoms with Crippen LogP contribution in [0.2, 0.25) is 0 Å². The van der Waals surface area contributed by atoms with Gasteiger partial charge in [-0.2, -0.15) is 0 Å². The van der Waals surface area contributed by atoms with Crippen LogP contribution in [-0.4, -0.2) is 18.9 Å². The lowest BCUT2D eigenvalue weighted by Gasteiger charge is -2.32. The molecule has 0 aromatic carbocycles. The molecule has 2 nitrogen and oxygen atoms in total. The van der Waals surface area contributed by atoms with Gasteiger partial charge in [0, 0.05) is 12.3 Å². The van der Waals surface area contributed by atoms with Crippen LogP contribution in [0.5, 0.6) is 0 Å². The monoisotopic (exact) mass is 197 g/mol. The fourth-order valence-electron chi connectivity index (χ4n) is 2.05. The van der Waals surface area contributed by atoms with Crippen molar-refractivity contribution in [1.82, 2.24) is 5.32 Å². The van der Waals surface area contributed by atoms with Crippen LogP contribution in [-0.2, 0) is 4.79 Å². The summed E-state index contributed by atoms with van der Waals surface area (Å²) in [7, 11) is 0. The van der Waals surface area contributed by atoms with Crippen molar-refractivity contribution in [3.8, 4) is 0 Å².